The third kappa shape index (κ3) is 13.5. The monoisotopic (exact) mass is 658 g/mol. The van der Waals surface area contributed by atoms with Gasteiger partial charge in [0.15, 0.2) is 11.6 Å². The van der Waals surface area contributed by atoms with Crippen LogP contribution in [0.2, 0.25) is 5.02 Å². The number of anilines is 2. The number of pyridine rings is 2. The predicted octanol–water partition coefficient (Wildman–Crippen LogP) is 8.27. The van der Waals surface area contributed by atoms with Crippen molar-refractivity contribution in [2.24, 2.45) is 5.41 Å². The molecule has 0 amide bonds. The number of aryl methyl sites for hydroxylation is 1. The minimum absolute atomic E-state index is 0.0301. The average molecular weight is 659 g/mol. The summed E-state index contributed by atoms with van der Waals surface area (Å²) < 4.78 is 23.7. The Kier molecular flexibility index (Phi) is 15.2. The fourth-order valence-electron chi connectivity index (χ4n) is 4.66. The van der Waals surface area contributed by atoms with Crippen molar-refractivity contribution in [2.45, 2.75) is 93.3 Å². The summed E-state index contributed by atoms with van der Waals surface area (Å²) in [5, 5.41) is 12.2. The van der Waals surface area contributed by atoms with E-state index >= 15 is 0 Å². The summed E-state index contributed by atoms with van der Waals surface area (Å²) in [6.45, 7) is 21.2. The topological polar surface area (TPSA) is 96.8 Å². The van der Waals surface area contributed by atoms with E-state index in [0.29, 0.717) is 30.1 Å². The van der Waals surface area contributed by atoms with Gasteiger partial charge in [0.25, 0.3) is 6.47 Å². The lowest BCUT2D eigenvalue weighted by Crippen LogP contribution is -2.38. The van der Waals surface area contributed by atoms with E-state index in [9.17, 15) is 9.18 Å². The van der Waals surface area contributed by atoms with E-state index in [1.807, 2.05) is 24.5 Å². The molecular weight excluding hydrogens is 607 g/mol. The molecule has 1 aromatic carbocycles. The van der Waals surface area contributed by atoms with Crippen LogP contribution in [-0.4, -0.2) is 59.5 Å². The number of hydrogen-bond acceptors (Lipinski definition) is 8. The first-order chi connectivity index (χ1) is 21.5. The zero-order valence-corrected chi connectivity index (χ0v) is 29.7. The number of benzene rings is 1. The maximum Gasteiger partial charge on any atom is 0.293 e. The molecule has 2 N–H and O–H groups in total. The minimum atomic E-state index is -0.500. The Bertz CT molecular complexity index is 1360. The normalized spacial score (nSPS) is 14.0. The lowest BCUT2D eigenvalue weighted by molar-refractivity contribution is -0.131. The van der Waals surface area contributed by atoms with Crippen LogP contribution < -0.4 is 15.0 Å². The van der Waals surface area contributed by atoms with Crippen LogP contribution >= 0.6 is 11.6 Å². The van der Waals surface area contributed by atoms with Crippen LogP contribution in [0.25, 0.3) is 11.3 Å². The summed E-state index contributed by atoms with van der Waals surface area (Å²) in [7, 11) is 0. The molecule has 1 fully saturated rings. The molecule has 2 aromatic heterocycles. The second kappa shape index (κ2) is 18.0. The molecule has 8 nitrogen and oxygen atoms in total. The second-order valence-electron chi connectivity index (χ2n) is 13.3. The van der Waals surface area contributed by atoms with Gasteiger partial charge in [0.2, 0.25) is 0 Å². The number of carbonyl (C=O) groups excluding carboxylic acids is 1. The zero-order chi connectivity index (χ0) is 34.5. The van der Waals surface area contributed by atoms with Gasteiger partial charge in [0, 0.05) is 42.1 Å². The quantitative estimate of drug-likeness (QED) is 0.166. The number of carbonyl (C=O) groups is 1. The highest BCUT2D eigenvalue weighted by Crippen LogP contribution is 2.39. The van der Waals surface area contributed by atoms with Crippen LogP contribution in [0.1, 0.15) is 79.5 Å². The molecule has 1 saturated heterocycles. The molecule has 10 heteroatoms. The van der Waals surface area contributed by atoms with Gasteiger partial charge in [-0.1, -0.05) is 32.4 Å². The van der Waals surface area contributed by atoms with Crippen molar-refractivity contribution in [2.75, 3.05) is 36.5 Å². The van der Waals surface area contributed by atoms with Crippen molar-refractivity contribution in [1.82, 2.24) is 9.97 Å². The van der Waals surface area contributed by atoms with E-state index in [4.69, 9.17) is 31.4 Å². The van der Waals surface area contributed by atoms with Crippen molar-refractivity contribution < 1.29 is 23.8 Å². The summed E-state index contributed by atoms with van der Waals surface area (Å²) in [4.78, 5) is 21.4. The summed E-state index contributed by atoms with van der Waals surface area (Å²) >= 11 is 5.78. The van der Waals surface area contributed by atoms with Crippen LogP contribution in [0.4, 0.5) is 15.8 Å². The molecule has 0 unspecified atom stereocenters. The van der Waals surface area contributed by atoms with Crippen molar-refractivity contribution >= 4 is 29.4 Å². The van der Waals surface area contributed by atoms with Crippen molar-refractivity contribution in [3.05, 3.63) is 64.8 Å². The van der Waals surface area contributed by atoms with Crippen LogP contribution in [0.3, 0.4) is 0 Å². The zero-order valence-electron chi connectivity index (χ0n) is 28.9. The van der Waals surface area contributed by atoms with E-state index in [1.54, 1.807) is 40.7 Å². The Morgan fingerprint density at radius 3 is 2.28 bits per heavy atom. The molecule has 0 bridgehead atoms. The highest BCUT2D eigenvalue weighted by atomic mass is 35.5. The van der Waals surface area contributed by atoms with Gasteiger partial charge >= 0.3 is 0 Å². The highest BCUT2D eigenvalue weighted by molar-refractivity contribution is 6.30. The fraction of sp³-hybridized carbons (Fsp3) is 0.528. The number of aliphatic hydroxyl groups is 1. The standard InChI is InChI=1S/C28H34ClFN4O.C4H8O2.C4H10O/c1-5-22-19(2)32-18-23(27(22)34-13-10-28(3,4)11-14-34)25-8-7-21(17-33-25)31-12-15-35-26-9-6-20(29)16-24(26)30;1-4(2)6-3-5;1-4(2,3)5/h6-9,16-18,31H,5,10-15H2,1-4H3;3-4H,1-2H3;5H,1-3H3. The Balaban J connectivity index is 0.000000576. The maximum absolute atomic E-state index is 13.8. The molecule has 0 radical (unpaired) electrons. The molecule has 0 aliphatic carbocycles. The molecular formula is C36H52ClFN4O4. The first kappa shape index (κ1) is 38.8. The van der Waals surface area contributed by atoms with Crippen molar-refractivity contribution in [3.63, 3.8) is 0 Å². The summed E-state index contributed by atoms with van der Waals surface area (Å²) in [5.74, 6) is -0.272. The second-order valence-corrected chi connectivity index (χ2v) is 13.8. The molecule has 3 heterocycles. The maximum atomic E-state index is 13.8. The molecule has 0 spiro atoms. The third-order valence-corrected chi connectivity index (χ3v) is 7.34. The first-order valence-electron chi connectivity index (χ1n) is 15.9. The number of rotatable bonds is 10. The van der Waals surface area contributed by atoms with E-state index in [0.717, 1.165) is 42.1 Å². The Hall–Kier alpha value is -3.43. The number of halogens is 2. The Labute approximate surface area is 279 Å². The highest BCUT2D eigenvalue weighted by Gasteiger charge is 2.28. The molecule has 0 saturated carbocycles. The van der Waals surface area contributed by atoms with E-state index < -0.39 is 11.4 Å². The molecule has 46 heavy (non-hydrogen) atoms. The van der Waals surface area contributed by atoms with Gasteiger partial charge < -0.3 is 24.8 Å². The number of hydrogen-bond donors (Lipinski definition) is 2. The fourth-order valence-corrected chi connectivity index (χ4v) is 4.82. The van der Waals surface area contributed by atoms with Crippen LogP contribution in [0.15, 0.2) is 42.7 Å². The van der Waals surface area contributed by atoms with Crippen molar-refractivity contribution in [3.8, 4) is 17.0 Å². The molecule has 1 aliphatic rings. The van der Waals surface area contributed by atoms with Crippen LogP contribution in [-0.2, 0) is 16.0 Å². The van der Waals surface area contributed by atoms with E-state index in [-0.39, 0.29) is 11.9 Å². The molecule has 254 valence electrons. The molecule has 0 atom stereocenters. The van der Waals surface area contributed by atoms with Gasteiger partial charge in [0.1, 0.15) is 6.61 Å². The van der Waals surface area contributed by atoms with E-state index in [2.05, 4.69) is 42.6 Å². The molecule has 1 aliphatic heterocycles. The SMILES string of the molecule is CC(C)(C)O.CC(C)OC=O.CCc1c(C)ncc(-c2ccc(NCCOc3ccc(Cl)cc3F)cn2)c1N1CCC(C)(C)CC1. The van der Waals surface area contributed by atoms with E-state index in [1.165, 1.54) is 36.2 Å². The van der Waals surface area contributed by atoms with Gasteiger partial charge in [-0.05, 0) is 102 Å². The summed E-state index contributed by atoms with van der Waals surface area (Å²) in [6, 6.07) is 8.44. The van der Waals surface area contributed by atoms with Crippen molar-refractivity contribution in [1.29, 1.82) is 0 Å². The first-order valence-corrected chi connectivity index (χ1v) is 16.3. The smallest absolute Gasteiger partial charge is 0.293 e. The Morgan fingerprint density at radius 1 is 1.13 bits per heavy atom. The average Bonchev–Trinajstić information content (AvgIpc) is 2.96. The predicted molar refractivity (Wildman–Crippen MR) is 186 cm³/mol. The third-order valence-electron chi connectivity index (χ3n) is 7.10. The number of nitrogens with one attached hydrogen (secondary N) is 1. The number of piperidine rings is 1. The van der Waals surface area contributed by atoms with Gasteiger partial charge in [-0.15, -0.1) is 0 Å². The lowest BCUT2D eigenvalue weighted by atomic mass is 9.82. The number of nitrogens with zero attached hydrogens (tertiary/aromatic N) is 3. The largest absolute Gasteiger partial charge is 0.489 e. The molecule has 3 aromatic rings. The van der Waals surface area contributed by atoms with Gasteiger partial charge in [-0.2, -0.15) is 0 Å². The van der Waals surface area contributed by atoms with Crippen LogP contribution in [0.5, 0.6) is 5.75 Å². The lowest BCUT2D eigenvalue weighted by Gasteiger charge is -2.40. The van der Waals surface area contributed by atoms with Gasteiger partial charge in [-0.25, -0.2) is 4.39 Å². The minimum Gasteiger partial charge on any atom is -0.489 e. The number of ether oxygens (including phenoxy) is 2. The summed E-state index contributed by atoms with van der Waals surface area (Å²) in [6.07, 6.45) is 7.11. The molecule has 4 rings (SSSR count). The Morgan fingerprint density at radius 2 is 1.78 bits per heavy atom. The summed E-state index contributed by atoms with van der Waals surface area (Å²) in [5.41, 5.74) is 6.44. The van der Waals surface area contributed by atoms with Gasteiger partial charge in [-0.3, -0.25) is 14.8 Å². The van der Waals surface area contributed by atoms with Crippen LogP contribution in [0, 0.1) is 18.2 Å². The number of aromatic nitrogens is 2. The van der Waals surface area contributed by atoms with Gasteiger partial charge in [0.05, 0.1) is 35.0 Å².